The van der Waals surface area contributed by atoms with Gasteiger partial charge in [0.05, 0.1) is 0 Å². The first-order valence-corrected chi connectivity index (χ1v) is 17.2. The lowest BCUT2D eigenvalue weighted by atomic mass is 9.60. The van der Waals surface area contributed by atoms with E-state index in [4.69, 9.17) is 0 Å². The van der Waals surface area contributed by atoms with Crippen molar-refractivity contribution in [1.29, 1.82) is 0 Å². The highest BCUT2D eigenvalue weighted by atomic mass is 14.7. The predicted octanol–water partition coefficient (Wildman–Crippen LogP) is 12.8. The molecule has 0 heteroatoms. The average molecular weight is 549 g/mol. The van der Waals surface area contributed by atoms with Crippen LogP contribution in [0.2, 0.25) is 0 Å². The van der Waals surface area contributed by atoms with Gasteiger partial charge in [-0.3, -0.25) is 0 Å². The summed E-state index contributed by atoms with van der Waals surface area (Å²) >= 11 is 0. The zero-order valence-electron chi connectivity index (χ0n) is 28.9. The monoisotopic (exact) mass is 549 g/mol. The molecule has 4 fully saturated rings. The lowest BCUT2D eigenvalue weighted by Gasteiger charge is -2.44. The zero-order valence-corrected chi connectivity index (χ0v) is 28.9. The second-order valence-electron chi connectivity index (χ2n) is 12.6. The topological polar surface area (TPSA) is 0 Å². The third-order valence-electron chi connectivity index (χ3n) is 10.9. The number of hydrogen-bond donors (Lipinski definition) is 0. The molecule has 0 radical (unpaired) electrons. The van der Waals surface area contributed by atoms with Crippen LogP contribution in [0.1, 0.15) is 122 Å². The van der Waals surface area contributed by atoms with Crippen LogP contribution < -0.4 is 0 Å². The summed E-state index contributed by atoms with van der Waals surface area (Å²) in [5.41, 5.74) is 3.73. The molecule has 7 aliphatic carbocycles. The van der Waals surface area contributed by atoms with Gasteiger partial charge in [0.1, 0.15) is 0 Å². The van der Waals surface area contributed by atoms with Crippen LogP contribution in [0, 0.1) is 58.2 Å². The van der Waals surface area contributed by atoms with Gasteiger partial charge < -0.3 is 0 Å². The van der Waals surface area contributed by atoms with Gasteiger partial charge in [0, 0.05) is 0 Å². The maximum atomic E-state index is 4.29. The van der Waals surface area contributed by atoms with Gasteiger partial charge in [0.25, 0.3) is 0 Å². The van der Waals surface area contributed by atoms with Gasteiger partial charge in [-0.05, 0) is 111 Å². The molecule has 0 aliphatic heterocycles. The summed E-state index contributed by atoms with van der Waals surface area (Å²) in [5, 5.41) is 0. The highest BCUT2D eigenvalue weighted by molar-refractivity contribution is 5.26. The molecule has 0 saturated heterocycles. The molecule has 40 heavy (non-hydrogen) atoms. The number of hydrogen-bond acceptors (Lipinski definition) is 0. The molecule has 0 aromatic rings. The Balaban J connectivity index is 0.000000291. The minimum absolute atomic E-state index is 0.430. The zero-order chi connectivity index (χ0) is 30.7. The van der Waals surface area contributed by atoms with E-state index in [1.54, 1.807) is 0 Å². The third kappa shape index (κ3) is 7.25. The normalized spacial score (nSPS) is 39.9. The molecule has 0 heterocycles. The van der Waals surface area contributed by atoms with E-state index >= 15 is 0 Å². The molecule has 7 aliphatic rings. The molecule has 10 atom stereocenters. The largest absolute Gasteiger partial charge is 0.0996 e. The van der Waals surface area contributed by atoms with Gasteiger partial charge in [-0.25, -0.2) is 0 Å². The van der Waals surface area contributed by atoms with Crippen LogP contribution in [0.3, 0.4) is 0 Å². The third-order valence-corrected chi connectivity index (χ3v) is 10.9. The van der Waals surface area contributed by atoms with Crippen LogP contribution in [0.25, 0.3) is 0 Å². The summed E-state index contributed by atoms with van der Waals surface area (Å²) in [4.78, 5) is 0. The smallest absolute Gasteiger partial charge is 0.00533 e. The maximum Gasteiger partial charge on any atom is -0.00533 e. The second-order valence-corrected chi connectivity index (χ2v) is 12.6. The van der Waals surface area contributed by atoms with E-state index in [1.165, 1.54) is 43.3 Å². The van der Waals surface area contributed by atoms with Crippen LogP contribution in [-0.2, 0) is 0 Å². The van der Waals surface area contributed by atoms with Crippen LogP contribution in [0.5, 0.6) is 0 Å². The SMILES string of the molecule is C1=CCC=C1.C=C(C)C1(C)CC2C=CC1C2.C=C(C)C1(C)CC2CC1C1C3C=CC(C3)C21.CC.CC.CC.CC. The fourth-order valence-corrected chi connectivity index (χ4v) is 8.84. The Hall–Kier alpha value is -1.56. The summed E-state index contributed by atoms with van der Waals surface area (Å²) in [6.45, 7) is 33.7. The van der Waals surface area contributed by atoms with Crippen molar-refractivity contribution in [2.45, 2.75) is 122 Å². The van der Waals surface area contributed by atoms with E-state index in [0.717, 1.165) is 53.8 Å². The predicted molar refractivity (Wildman–Crippen MR) is 183 cm³/mol. The summed E-state index contributed by atoms with van der Waals surface area (Å²) in [6.07, 6.45) is 26.5. The quantitative estimate of drug-likeness (QED) is 0.238. The molecule has 228 valence electrons. The fraction of sp³-hybridized carbons (Fsp3) is 0.700. The molecule has 0 aromatic carbocycles. The minimum Gasteiger partial charge on any atom is -0.0996 e. The van der Waals surface area contributed by atoms with Crippen molar-refractivity contribution >= 4 is 0 Å². The lowest BCUT2D eigenvalue weighted by molar-refractivity contribution is 0.103. The second kappa shape index (κ2) is 16.8. The first kappa shape index (κ1) is 36.5. The Morgan fingerprint density at radius 2 is 1.15 bits per heavy atom. The van der Waals surface area contributed by atoms with E-state index in [2.05, 4.69) is 89.5 Å². The van der Waals surface area contributed by atoms with Crippen molar-refractivity contribution in [3.8, 4) is 0 Å². The van der Waals surface area contributed by atoms with E-state index < -0.39 is 0 Å². The first-order chi connectivity index (χ1) is 19.2. The highest BCUT2D eigenvalue weighted by Crippen LogP contribution is 2.71. The molecular weight excluding hydrogens is 480 g/mol. The molecule has 4 saturated carbocycles. The van der Waals surface area contributed by atoms with Crippen molar-refractivity contribution in [2.24, 2.45) is 58.2 Å². The first-order valence-electron chi connectivity index (χ1n) is 17.2. The van der Waals surface area contributed by atoms with E-state index in [-0.39, 0.29) is 0 Å². The van der Waals surface area contributed by atoms with Gasteiger partial charge in [0.15, 0.2) is 0 Å². The Bertz CT molecular complexity index is 885. The molecule has 0 aromatic heterocycles. The maximum absolute atomic E-state index is 4.29. The lowest BCUT2D eigenvalue weighted by Crippen LogP contribution is -2.37. The van der Waals surface area contributed by atoms with Gasteiger partial charge in [-0.2, -0.15) is 0 Å². The average Bonchev–Trinajstić information content (AvgIpc) is 3.83. The number of allylic oxidation sites excluding steroid dienone is 10. The van der Waals surface area contributed by atoms with Crippen LogP contribution in [0.4, 0.5) is 0 Å². The molecule has 0 N–H and O–H groups in total. The van der Waals surface area contributed by atoms with E-state index in [0.29, 0.717) is 10.8 Å². The summed E-state index contributed by atoms with van der Waals surface area (Å²) in [7, 11) is 0. The summed E-state index contributed by atoms with van der Waals surface area (Å²) < 4.78 is 0. The van der Waals surface area contributed by atoms with Gasteiger partial charge >= 0.3 is 0 Å². The molecule has 10 unspecified atom stereocenters. The molecule has 7 rings (SSSR count). The molecule has 6 bridgehead atoms. The van der Waals surface area contributed by atoms with Crippen LogP contribution in [-0.4, -0.2) is 0 Å². The van der Waals surface area contributed by atoms with Gasteiger partial charge in [0.2, 0.25) is 0 Å². The standard InChI is InChI=1S/C16H22.C11H16.C5H6.4C2H6/c1-9(2)16(3)8-12-7-13(16)15-11-5-4-10(6-11)14(12)15;1-8(2)11(3)7-9-4-5-10(11)6-9;1-2-4-5-3-1;4*1-2/h4-5,10-15H,1,6-8H2,2-3H3;4-5,9-10H,1,6-7H2,2-3H3;1-4H,5H2;4*1-2H3. The Morgan fingerprint density at radius 1 is 0.625 bits per heavy atom. The molecule has 0 spiro atoms. The summed E-state index contributed by atoms with van der Waals surface area (Å²) in [5.74, 6) is 7.62. The Morgan fingerprint density at radius 3 is 1.52 bits per heavy atom. The molecule has 0 amide bonds. The van der Waals surface area contributed by atoms with Crippen molar-refractivity contribution in [3.05, 3.63) is 72.9 Å². The number of rotatable bonds is 2. The van der Waals surface area contributed by atoms with Crippen molar-refractivity contribution in [2.75, 3.05) is 0 Å². The van der Waals surface area contributed by atoms with E-state index in [9.17, 15) is 0 Å². The molecular formula is C40H68. The highest BCUT2D eigenvalue weighted by Gasteiger charge is 2.64. The van der Waals surface area contributed by atoms with E-state index in [1.807, 2.05) is 55.4 Å². The van der Waals surface area contributed by atoms with Crippen molar-refractivity contribution < 1.29 is 0 Å². The van der Waals surface area contributed by atoms with Crippen LogP contribution >= 0.6 is 0 Å². The number of fused-ring (bicyclic) bond motifs is 11. The summed E-state index contributed by atoms with van der Waals surface area (Å²) in [6, 6.07) is 0. The Kier molecular flexibility index (Phi) is 15.3. The van der Waals surface area contributed by atoms with Gasteiger partial charge in [-0.1, -0.05) is 142 Å². The molecule has 0 nitrogen and oxygen atoms in total. The van der Waals surface area contributed by atoms with Crippen molar-refractivity contribution in [1.82, 2.24) is 0 Å². The fourth-order valence-electron chi connectivity index (χ4n) is 8.84. The van der Waals surface area contributed by atoms with Crippen LogP contribution in [0.15, 0.2) is 72.9 Å². The Labute approximate surface area is 252 Å². The minimum atomic E-state index is 0.430. The van der Waals surface area contributed by atoms with Crippen molar-refractivity contribution in [3.63, 3.8) is 0 Å². The van der Waals surface area contributed by atoms with Gasteiger partial charge in [-0.15, -0.1) is 0 Å².